The van der Waals surface area contributed by atoms with Crippen LogP contribution in [0.5, 0.6) is 11.5 Å². The van der Waals surface area contributed by atoms with Gasteiger partial charge in [-0.05, 0) is 60.9 Å². The van der Waals surface area contributed by atoms with Crippen LogP contribution in [-0.4, -0.2) is 32.1 Å². The molecule has 0 fully saturated rings. The van der Waals surface area contributed by atoms with Crippen LogP contribution in [0.2, 0.25) is 0 Å². The van der Waals surface area contributed by atoms with E-state index in [-0.39, 0.29) is 18.4 Å². The first kappa shape index (κ1) is 20.5. The molecule has 0 atom stereocenters. The summed E-state index contributed by atoms with van der Waals surface area (Å²) in [5, 5.41) is 2.85. The third kappa shape index (κ3) is 4.69. The summed E-state index contributed by atoms with van der Waals surface area (Å²) in [4.78, 5) is 27.4. The highest BCUT2D eigenvalue weighted by atomic mass is 16.5. The molecule has 0 saturated heterocycles. The fourth-order valence-corrected chi connectivity index (χ4v) is 3.68. The third-order valence-electron chi connectivity index (χ3n) is 5.22. The maximum Gasteiger partial charge on any atom is 0.264 e. The van der Waals surface area contributed by atoms with Gasteiger partial charge in [-0.25, -0.2) is 0 Å². The Balaban J connectivity index is 1.46. The summed E-state index contributed by atoms with van der Waals surface area (Å²) in [5.74, 6) is 0.716. The van der Waals surface area contributed by atoms with Crippen LogP contribution < -0.4 is 19.7 Å². The molecule has 31 heavy (non-hydrogen) atoms. The van der Waals surface area contributed by atoms with Crippen molar-refractivity contribution in [3.05, 3.63) is 83.9 Å². The molecule has 6 nitrogen and oxygen atoms in total. The number of para-hydroxylation sites is 2. The minimum atomic E-state index is -0.287. The lowest BCUT2D eigenvalue weighted by Crippen LogP contribution is -2.38. The van der Waals surface area contributed by atoms with Gasteiger partial charge in [-0.3, -0.25) is 9.59 Å². The van der Waals surface area contributed by atoms with Crippen molar-refractivity contribution in [2.45, 2.75) is 12.8 Å². The minimum absolute atomic E-state index is 0.149. The Bertz CT molecular complexity index is 1080. The number of hydrogen-bond acceptors (Lipinski definition) is 4. The topological polar surface area (TPSA) is 67.9 Å². The Hall–Kier alpha value is -3.80. The molecule has 1 heterocycles. The molecule has 1 N–H and O–H groups in total. The maximum absolute atomic E-state index is 12.9. The molecule has 0 aliphatic carbocycles. The van der Waals surface area contributed by atoms with Crippen LogP contribution in [0.4, 0.5) is 11.4 Å². The van der Waals surface area contributed by atoms with Crippen molar-refractivity contribution in [2.24, 2.45) is 0 Å². The number of carbonyl (C=O) groups excluding carboxylic acids is 2. The predicted molar refractivity (Wildman–Crippen MR) is 120 cm³/mol. The van der Waals surface area contributed by atoms with Crippen LogP contribution in [0.3, 0.4) is 0 Å². The summed E-state index contributed by atoms with van der Waals surface area (Å²) in [5.41, 5.74) is 3.04. The van der Waals surface area contributed by atoms with Gasteiger partial charge in [0.05, 0.1) is 12.7 Å². The molecule has 3 aromatic rings. The molecule has 0 radical (unpaired) electrons. The zero-order valence-electron chi connectivity index (χ0n) is 17.3. The van der Waals surface area contributed by atoms with Crippen molar-refractivity contribution < 1.29 is 19.1 Å². The lowest BCUT2D eigenvalue weighted by Gasteiger charge is -2.29. The maximum atomic E-state index is 12.9. The van der Waals surface area contributed by atoms with Crippen LogP contribution in [0.25, 0.3) is 0 Å². The molecular weight excluding hydrogens is 392 g/mol. The van der Waals surface area contributed by atoms with Gasteiger partial charge in [0.2, 0.25) is 0 Å². The number of aryl methyl sites for hydroxylation is 1. The zero-order valence-corrected chi connectivity index (χ0v) is 17.3. The average molecular weight is 416 g/mol. The number of hydrogen-bond donors (Lipinski definition) is 1. The lowest BCUT2D eigenvalue weighted by molar-refractivity contribution is -0.120. The molecular formula is C25H24N2O4. The van der Waals surface area contributed by atoms with Gasteiger partial charge in [-0.1, -0.05) is 30.3 Å². The molecule has 158 valence electrons. The number of nitrogens with one attached hydrogen (secondary N) is 1. The summed E-state index contributed by atoms with van der Waals surface area (Å²) < 4.78 is 11.1. The van der Waals surface area contributed by atoms with Crippen molar-refractivity contribution in [3.63, 3.8) is 0 Å². The van der Waals surface area contributed by atoms with E-state index in [4.69, 9.17) is 9.47 Å². The second kappa shape index (κ2) is 9.34. The number of nitrogens with zero attached hydrogens (tertiary/aromatic N) is 1. The molecule has 0 spiro atoms. The molecule has 3 aromatic carbocycles. The van der Waals surface area contributed by atoms with Crippen LogP contribution in [0.15, 0.2) is 72.8 Å². The van der Waals surface area contributed by atoms with Gasteiger partial charge in [0.25, 0.3) is 11.8 Å². The van der Waals surface area contributed by atoms with E-state index in [0.717, 1.165) is 29.8 Å². The van der Waals surface area contributed by atoms with Crippen molar-refractivity contribution >= 4 is 23.2 Å². The van der Waals surface area contributed by atoms with Gasteiger partial charge in [-0.15, -0.1) is 0 Å². The Morgan fingerprint density at radius 3 is 2.58 bits per heavy atom. The van der Waals surface area contributed by atoms with Crippen molar-refractivity contribution in [1.29, 1.82) is 0 Å². The van der Waals surface area contributed by atoms with E-state index in [9.17, 15) is 9.59 Å². The van der Waals surface area contributed by atoms with Gasteiger partial charge in [0.1, 0.15) is 11.5 Å². The number of anilines is 2. The molecule has 2 amide bonds. The van der Waals surface area contributed by atoms with Gasteiger partial charge in [0, 0.05) is 17.9 Å². The van der Waals surface area contributed by atoms with Crippen molar-refractivity contribution in [1.82, 2.24) is 0 Å². The number of fused-ring (bicyclic) bond motifs is 1. The second-order valence-electron chi connectivity index (χ2n) is 7.25. The van der Waals surface area contributed by atoms with Crippen LogP contribution in [0, 0.1) is 0 Å². The highest BCUT2D eigenvalue weighted by Crippen LogP contribution is 2.30. The average Bonchev–Trinajstić information content (AvgIpc) is 2.82. The van der Waals surface area contributed by atoms with Gasteiger partial charge < -0.3 is 19.7 Å². The number of amides is 2. The molecule has 0 bridgehead atoms. The summed E-state index contributed by atoms with van der Waals surface area (Å²) in [7, 11) is 1.63. The predicted octanol–water partition coefficient (Wildman–Crippen LogP) is 4.31. The van der Waals surface area contributed by atoms with Gasteiger partial charge >= 0.3 is 0 Å². The molecule has 0 aromatic heterocycles. The first-order valence-corrected chi connectivity index (χ1v) is 10.2. The Kier molecular flexibility index (Phi) is 6.17. The second-order valence-corrected chi connectivity index (χ2v) is 7.25. The largest absolute Gasteiger partial charge is 0.497 e. The first-order chi connectivity index (χ1) is 15.2. The van der Waals surface area contributed by atoms with Crippen LogP contribution in [-0.2, 0) is 11.2 Å². The monoisotopic (exact) mass is 416 g/mol. The highest BCUT2D eigenvalue weighted by molar-refractivity contribution is 6.06. The summed E-state index contributed by atoms with van der Waals surface area (Å²) >= 11 is 0. The quantitative estimate of drug-likeness (QED) is 0.650. The minimum Gasteiger partial charge on any atom is -0.497 e. The number of carbonyl (C=O) groups is 2. The normalized spacial score (nSPS) is 12.6. The summed E-state index contributed by atoms with van der Waals surface area (Å²) in [6, 6.07) is 21.9. The number of rotatable bonds is 6. The fourth-order valence-electron chi connectivity index (χ4n) is 3.68. The van der Waals surface area contributed by atoms with Crippen molar-refractivity contribution in [2.75, 3.05) is 30.5 Å². The van der Waals surface area contributed by atoms with Gasteiger partial charge in [0.15, 0.2) is 6.61 Å². The smallest absolute Gasteiger partial charge is 0.264 e. The summed E-state index contributed by atoms with van der Waals surface area (Å²) in [6.07, 6.45) is 1.78. The lowest BCUT2D eigenvalue weighted by atomic mass is 10.0. The molecule has 0 saturated carbocycles. The Morgan fingerprint density at radius 2 is 1.77 bits per heavy atom. The van der Waals surface area contributed by atoms with Gasteiger partial charge in [-0.2, -0.15) is 0 Å². The molecule has 4 rings (SSSR count). The first-order valence-electron chi connectivity index (χ1n) is 10.2. The zero-order chi connectivity index (χ0) is 21.6. The van der Waals surface area contributed by atoms with E-state index >= 15 is 0 Å². The fraction of sp³-hybridized carbons (Fsp3) is 0.200. The number of ether oxygens (including phenoxy) is 2. The molecule has 6 heteroatoms. The highest BCUT2D eigenvalue weighted by Gasteiger charge is 2.24. The van der Waals surface area contributed by atoms with E-state index in [1.807, 2.05) is 48.5 Å². The Labute approximate surface area is 181 Å². The molecule has 0 unspecified atom stereocenters. The summed E-state index contributed by atoms with van der Waals surface area (Å²) in [6.45, 7) is 0.485. The molecule has 1 aliphatic rings. The third-order valence-corrected chi connectivity index (χ3v) is 5.22. The Morgan fingerprint density at radius 1 is 1.00 bits per heavy atom. The van der Waals surface area contributed by atoms with E-state index in [2.05, 4.69) is 5.32 Å². The number of methoxy groups -OCH3 is 1. The van der Waals surface area contributed by atoms with E-state index in [1.54, 1.807) is 36.3 Å². The SMILES string of the molecule is COc1ccc2c(c1)CCCN2C(=O)COc1ccccc1C(=O)Nc1ccccc1. The molecule has 1 aliphatic heterocycles. The number of benzene rings is 3. The van der Waals surface area contributed by atoms with Crippen molar-refractivity contribution in [3.8, 4) is 11.5 Å². The van der Waals surface area contributed by atoms with E-state index < -0.39 is 0 Å². The standard InChI is InChI=1S/C25H24N2O4/c1-30-20-13-14-22-18(16-20)8-7-15-27(22)24(28)17-31-23-12-6-5-11-21(23)25(29)26-19-9-3-2-4-10-19/h2-6,9-14,16H,7-8,15,17H2,1H3,(H,26,29). The van der Waals surface area contributed by atoms with Crippen LogP contribution >= 0.6 is 0 Å². The van der Waals surface area contributed by atoms with E-state index in [0.29, 0.717) is 23.5 Å². The van der Waals surface area contributed by atoms with Crippen LogP contribution in [0.1, 0.15) is 22.3 Å². The van der Waals surface area contributed by atoms with E-state index in [1.165, 1.54) is 0 Å².